The van der Waals surface area contributed by atoms with Crippen LogP contribution in [0.15, 0.2) is 0 Å². The molecule has 10 radical (unpaired) electrons. The predicted molar refractivity (Wildman–Crippen MR) is 150 cm³/mol. The van der Waals surface area contributed by atoms with Gasteiger partial charge >= 0.3 is 23.2 Å². The first-order valence-electron chi connectivity index (χ1n) is 13.4. The number of carbonyl (C=O) groups excluding carboxylic acids is 3. The van der Waals surface area contributed by atoms with E-state index in [0.29, 0.717) is 19.4 Å². The molecule has 0 bridgehead atoms. The van der Waals surface area contributed by atoms with Crippen LogP contribution >= 0.6 is 0 Å². The van der Waals surface area contributed by atoms with Gasteiger partial charge in [-0.15, -0.1) is 0 Å². The minimum Gasteiger partial charge on any atom is -0.444 e. The number of rotatable bonds is 12. The van der Waals surface area contributed by atoms with Crippen molar-refractivity contribution in [2.45, 2.75) is 91.5 Å². The van der Waals surface area contributed by atoms with Gasteiger partial charge in [-0.25, -0.2) is 4.79 Å². The van der Waals surface area contributed by atoms with Gasteiger partial charge < -0.3 is 25.8 Å². The monoisotopic (exact) mass is 585 g/mol. The normalized spacial score (nSPS) is 17.9. The largest absolute Gasteiger partial charge is 2.00 e. The van der Waals surface area contributed by atoms with E-state index in [9.17, 15) is 19.5 Å². The Morgan fingerprint density at radius 1 is 0.846 bits per heavy atom. The van der Waals surface area contributed by atoms with E-state index in [-0.39, 0.29) is 41.2 Å². The van der Waals surface area contributed by atoms with Gasteiger partial charge in [0.1, 0.15) is 11.6 Å². The minimum atomic E-state index is -1.12. The third-order valence-electron chi connectivity index (χ3n) is 5.40. The zero-order valence-electron chi connectivity index (χ0n) is 24.3. The Morgan fingerprint density at radius 2 is 1.36 bits per heavy atom. The molecule has 3 amide bonds. The molecule has 0 heterocycles. The van der Waals surface area contributed by atoms with E-state index < -0.39 is 35.8 Å². The van der Waals surface area contributed by atoms with Crippen LogP contribution in [0.5, 0.6) is 0 Å². The summed E-state index contributed by atoms with van der Waals surface area (Å²) in [5.74, 6) is 0.638. The fourth-order valence-electron chi connectivity index (χ4n) is 3.73. The molecule has 2 aliphatic carbocycles. The van der Waals surface area contributed by atoms with Crippen molar-refractivity contribution in [3.63, 3.8) is 0 Å². The molecule has 0 saturated heterocycles. The molecule has 2 saturated carbocycles. The van der Waals surface area contributed by atoms with Crippen molar-refractivity contribution in [1.29, 1.82) is 0 Å². The molecule has 9 heteroatoms. The zero-order valence-corrected chi connectivity index (χ0v) is 25.4. The van der Waals surface area contributed by atoms with Crippen LogP contribution in [0.25, 0.3) is 0 Å². The first kappa shape index (κ1) is 37.7. The smallest absolute Gasteiger partial charge is 0.444 e. The number of amides is 3. The Labute approximate surface area is 248 Å². The second kappa shape index (κ2) is 19.7. The summed E-state index contributed by atoms with van der Waals surface area (Å²) in [4.78, 5) is 37.6. The molecule has 0 aromatic rings. The molecule has 3 atom stereocenters. The Kier molecular flexibility index (Phi) is 19.1. The average Bonchev–Trinajstić information content (AvgIpc) is 3.51. The Balaban J connectivity index is 0.00000215. The molecule has 0 spiro atoms. The third-order valence-corrected chi connectivity index (χ3v) is 5.40. The Morgan fingerprint density at radius 3 is 1.82 bits per heavy atom. The number of carbonyl (C=O) groups is 3. The minimum absolute atomic E-state index is 0. The Bertz CT molecular complexity index is 694. The van der Waals surface area contributed by atoms with Crippen LogP contribution < -0.4 is 16.0 Å². The van der Waals surface area contributed by atoms with Gasteiger partial charge in [0.25, 0.3) is 0 Å². The van der Waals surface area contributed by atoms with Crippen molar-refractivity contribution in [1.82, 2.24) is 16.0 Å². The van der Waals surface area contributed by atoms with Crippen LogP contribution in [-0.2, 0) is 31.4 Å². The van der Waals surface area contributed by atoms with Crippen LogP contribution in [0.2, 0.25) is 0 Å². The average molecular weight is 586 g/mol. The molecule has 0 unspecified atom stereocenters. The number of aliphatic hydroxyl groups excluding tert-OH is 1. The van der Waals surface area contributed by atoms with Gasteiger partial charge in [0.05, 0.1) is 18.6 Å². The molecular weight excluding hydrogens is 538 g/mol. The number of ether oxygens (including phenoxy) is 1. The van der Waals surface area contributed by atoms with E-state index in [1.54, 1.807) is 20.8 Å². The van der Waals surface area contributed by atoms with Crippen molar-refractivity contribution < 1.29 is 41.3 Å². The number of alkyl carbamates (subject to hydrolysis) is 1. The van der Waals surface area contributed by atoms with E-state index >= 15 is 0 Å². The van der Waals surface area contributed by atoms with Gasteiger partial charge in [0, 0.05) is 12.5 Å². The van der Waals surface area contributed by atoms with Crippen molar-refractivity contribution >= 4 is 17.9 Å². The number of hydrogen-bond acceptors (Lipinski definition) is 5. The molecule has 0 aromatic carbocycles. The summed E-state index contributed by atoms with van der Waals surface area (Å²) in [7, 11) is 0. The van der Waals surface area contributed by atoms with Gasteiger partial charge in [-0.05, 0) is 103 Å². The maximum absolute atomic E-state index is 12.7. The van der Waals surface area contributed by atoms with E-state index in [1.807, 2.05) is 85.5 Å². The molecule has 2 aliphatic rings. The summed E-state index contributed by atoms with van der Waals surface area (Å²) in [5, 5.41) is 19.0. The SMILES string of the molecule is CC(C)C[C@H](NC(=O)C[C@H](O)[C@H](CC(C)C)NC(=O)OC(C)(C)C)C(=O)NC[C]1[CH][CH][CH][CH]1.[CH]1[CH][CH][CH][CH]1.[Fe+2]. The molecule has 39 heavy (non-hydrogen) atoms. The molecule has 0 aliphatic heterocycles. The van der Waals surface area contributed by atoms with E-state index in [1.165, 1.54) is 0 Å². The predicted octanol–water partition coefficient (Wildman–Crippen LogP) is 3.75. The van der Waals surface area contributed by atoms with Crippen molar-refractivity contribution in [3.05, 3.63) is 63.7 Å². The molecule has 4 N–H and O–H groups in total. The van der Waals surface area contributed by atoms with E-state index in [4.69, 9.17) is 4.74 Å². The van der Waals surface area contributed by atoms with Gasteiger partial charge in [0.2, 0.25) is 11.8 Å². The van der Waals surface area contributed by atoms with Crippen molar-refractivity contribution in [2.24, 2.45) is 11.8 Å². The number of hydrogen-bond donors (Lipinski definition) is 4. The maximum Gasteiger partial charge on any atom is 2.00 e. The van der Waals surface area contributed by atoms with Crippen molar-refractivity contribution in [2.75, 3.05) is 6.54 Å². The van der Waals surface area contributed by atoms with Crippen LogP contribution in [-0.4, -0.2) is 53.3 Å². The van der Waals surface area contributed by atoms with Gasteiger partial charge in [-0.1, -0.05) is 27.7 Å². The number of aliphatic hydroxyl groups is 1. The summed E-state index contributed by atoms with van der Waals surface area (Å²) in [6, 6.07) is -1.36. The second-order valence-corrected chi connectivity index (χ2v) is 11.4. The topological polar surface area (TPSA) is 117 Å². The molecule has 2 fully saturated rings. The summed E-state index contributed by atoms with van der Waals surface area (Å²) < 4.78 is 5.29. The van der Waals surface area contributed by atoms with Gasteiger partial charge in [-0.2, -0.15) is 0 Å². The summed E-state index contributed by atoms with van der Waals surface area (Å²) in [6.45, 7) is 13.5. The first-order chi connectivity index (χ1) is 17.8. The van der Waals surface area contributed by atoms with Gasteiger partial charge in [-0.3, -0.25) is 9.59 Å². The molecular formula is C30H47FeN3O5+2. The van der Waals surface area contributed by atoms with Crippen LogP contribution in [0.3, 0.4) is 0 Å². The van der Waals surface area contributed by atoms with Crippen molar-refractivity contribution in [3.8, 4) is 0 Å². The van der Waals surface area contributed by atoms with E-state index in [2.05, 4.69) is 16.0 Å². The first-order valence-corrected chi connectivity index (χ1v) is 13.4. The van der Waals surface area contributed by atoms with Crippen LogP contribution in [0.1, 0.15) is 67.7 Å². The number of nitrogens with one attached hydrogen (secondary N) is 3. The fraction of sp³-hybridized carbons (Fsp3) is 0.567. The van der Waals surface area contributed by atoms with Gasteiger partial charge in [0.15, 0.2) is 0 Å². The zero-order chi connectivity index (χ0) is 28.7. The molecule has 2 rings (SSSR count). The molecule has 8 nitrogen and oxygen atoms in total. The third kappa shape index (κ3) is 18.6. The standard InChI is InChI=1S/C25H42N3O5.C5H5.Fe/c1-16(2)12-19(28-24(32)33-25(5,6)7)21(29)14-22(30)27-20(13-17(3)4)23(31)26-15-18-10-8-9-11-18;1-2-4-5-3-1;/h8-11,16-17,19-21,29H,12-15H2,1-7H3,(H,26,31)(H,27,30)(H,28,32);1-5H;/q;;+2/t19-,20-,21-;;/m0../s1. The fourth-order valence-corrected chi connectivity index (χ4v) is 3.73. The molecule has 218 valence electrons. The molecule has 0 aromatic heterocycles. The summed E-state index contributed by atoms with van der Waals surface area (Å²) in [5.41, 5.74) is -0.672. The van der Waals surface area contributed by atoms with E-state index in [0.717, 1.165) is 5.92 Å². The maximum atomic E-state index is 12.7. The second-order valence-electron chi connectivity index (χ2n) is 11.4. The van der Waals surface area contributed by atoms with Crippen LogP contribution in [0, 0.1) is 75.5 Å². The Hall–Kier alpha value is -1.31. The summed E-state index contributed by atoms with van der Waals surface area (Å²) >= 11 is 0. The van der Waals surface area contributed by atoms with Crippen LogP contribution in [0.4, 0.5) is 4.79 Å². The quantitative estimate of drug-likeness (QED) is 0.261. The summed E-state index contributed by atoms with van der Waals surface area (Å²) in [6.07, 6.45) is 16.6.